The van der Waals surface area contributed by atoms with Gasteiger partial charge in [-0.2, -0.15) is 0 Å². The minimum atomic E-state index is -0.388. The molecule has 0 bridgehead atoms. The summed E-state index contributed by atoms with van der Waals surface area (Å²) in [6, 6.07) is 7.43. The molecule has 4 heteroatoms. The number of aliphatic hydroxyl groups is 1. The van der Waals surface area contributed by atoms with Gasteiger partial charge in [-0.1, -0.05) is 32.0 Å². The van der Waals surface area contributed by atoms with Crippen molar-refractivity contribution in [3.63, 3.8) is 0 Å². The number of carbonyl (C=O) groups excluding carboxylic acids is 1. The van der Waals surface area contributed by atoms with E-state index in [2.05, 4.69) is 5.32 Å². The van der Waals surface area contributed by atoms with E-state index in [-0.39, 0.29) is 17.9 Å². The van der Waals surface area contributed by atoms with Gasteiger partial charge in [-0.25, -0.2) is 0 Å². The second-order valence-corrected chi connectivity index (χ2v) is 5.00. The lowest BCUT2D eigenvalue weighted by Gasteiger charge is -2.14. The highest BCUT2D eigenvalue weighted by molar-refractivity contribution is 6.05. The van der Waals surface area contributed by atoms with Crippen LogP contribution in [0.3, 0.4) is 0 Å². The van der Waals surface area contributed by atoms with Crippen molar-refractivity contribution in [3.8, 4) is 0 Å². The highest BCUT2D eigenvalue weighted by Crippen LogP contribution is 2.20. The Labute approximate surface area is 112 Å². The van der Waals surface area contributed by atoms with E-state index in [1.165, 1.54) is 6.26 Å². The number of rotatable bonds is 5. The van der Waals surface area contributed by atoms with Crippen LogP contribution in [0.25, 0.3) is 11.0 Å². The fraction of sp³-hybridized carbons (Fsp3) is 0.400. The maximum atomic E-state index is 12.0. The number of aliphatic hydroxyl groups excluding tert-OH is 1. The Morgan fingerprint density at radius 1 is 1.37 bits per heavy atom. The van der Waals surface area contributed by atoms with E-state index in [0.717, 1.165) is 5.39 Å². The molecule has 0 fully saturated rings. The number of furan rings is 1. The molecular formula is C15H19NO3. The number of nitrogens with one attached hydrogen (secondary N) is 1. The molecule has 1 unspecified atom stereocenters. The number of fused-ring (bicyclic) bond motifs is 1. The van der Waals surface area contributed by atoms with Crippen LogP contribution in [0, 0.1) is 5.92 Å². The first-order valence-electron chi connectivity index (χ1n) is 6.52. The van der Waals surface area contributed by atoms with Crippen LogP contribution in [-0.2, 0) is 0 Å². The van der Waals surface area contributed by atoms with Crippen LogP contribution < -0.4 is 5.32 Å². The summed E-state index contributed by atoms with van der Waals surface area (Å²) in [5, 5.41) is 13.3. The van der Waals surface area contributed by atoms with Crippen molar-refractivity contribution >= 4 is 16.9 Å². The standard InChI is InChI=1S/C15H19NO3/c1-10(2)13(17)7-8-16-15(18)12-9-19-14-6-4-3-5-11(12)14/h3-6,9-10,13,17H,7-8H2,1-2H3,(H,16,18). The molecule has 2 aromatic rings. The molecule has 0 saturated heterocycles. The van der Waals surface area contributed by atoms with E-state index < -0.39 is 0 Å². The van der Waals surface area contributed by atoms with E-state index in [1.807, 2.05) is 38.1 Å². The van der Waals surface area contributed by atoms with Crippen molar-refractivity contribution in [2.75, 3.05) is 6.54 Å². The summed E-state index contributed by atoms with van der Waals surface area (Å²) in [6.45, 7) is 4.36. The zero-order chi connectivity index (χ0) is 13.8. The second-order valence-electron chi connectivity index (χ2n) is 5.00. The molecule has 102 valence electrons. The maximum Gasteiger partial charge on any atom is 0.255 e. The fourth-order valence-electron chi connectivity index (χ4n) is 1.92. The average Bonchev–Trinajstić information content (AvgIpc) is 2.82. The smallest absolute Gasteiger partial charge is 0.255 e. The molecule has 1 aromatic heterocycles. The highest BCUT2D eigenvalue weighted by atomic mass is 16.3. The summed E-state index contributed by atoms with van der Waals surface area (Å²) in [5.41, 5.74) is 1.24. The zero-order valence-corrected chi connectivity index (χ0v) is 11.2. The average molecular weight is 261 g/mol. The number of hydrogen-bond donors (Lipinski definition) is 2. The van der Waals surface area contributed by atoms with Crippen LogP contribution in [-0.4, -0.2) is 23.7 Å². The number of carbonyl (C=O) groups is 1. The molecule has 0 aliphatic rings. The van der Waals surface area contributed by atoms with Gasteiger partial charge in [0.1, 0.15) is 11.8 Å². The van der Waals surface area contributed by atoms with Gasteiger partial charge in [-0.05, 0) is 18.4 Å². The first kappa shape index (κ1) is 13.6. The summed E-state index contributed by atoms with van der Waals surface area (Å²) in [7, 11) is 0. The monoisotopic (exact) mass is 261 g/mol. The Morgan fingerprint density at radius 2 is 2.11 bits per heavy atom. The SMILES string of the molecule is CC(C)C(O)CCNC(=O)c1coc2ccccc12. The molecule has 0 saturated carbocycles. The molecule has 0 aliphatic heterocycles. The van der Waals surface area contributed by atoms with Crippen molar-refractivity contribution in [2.24, 2.45) is 5.92 Å². The molecule has 0 radical (unpaired) electrons. The van der Waals surface area contributed by atoms with E-state index in [4.69, 9.17) is 4.42 Å². The Kier molecular flexibility index (Phi) is 4.22. The third kappa shape index (κ3) is 3.15. The summed E-state index contributed by atoms with van der Waals surface area (Å²) >= 11 is 0. The highest BCUT2D eigenvalue weighted by Gasteiger charge is 2.14. The van der Waals surface area contributed by atoms with Gasteiger partial charge in [0.15, 0.2) is 0 Å². The predicted octanol–water partition coefficient (Wildman–Crippen LogP) is 2.57. The quantitative estimate of drug-likeness (QED) is 0.869. The molecule has 4 nitrogen and oxygen atoms in total. The maximum absolute atomic E-state index is 12.0. The summed E-state index contributed by atoms with van der Waals surface area (Å²) in [5.74, 6) is 0.0348. The Morgan fingerprint density at radius 3 is 2.84 bits per heavy atom. The van der Waals surface area contributed by atoms with E-state index in [0.29, 0.717) is 24.1 Å². The minimum absolute atomic E-state index is 0.166. The minimum Gasteiger partial charge on any atom is -0.463 e. The Balaban J connectivity index is 1.97. The molecule has 0 spiro atoms. The van der Waals surface area contributed by atoms with Crippen LogP contribution in [0.4, 0.5) is 0 Å². The second kappa shape index (κ2) is 5.89. The van der Waals surface area contributed by atoms with Crippen molar-refractivity contribution in [1.82, 2.24) is 5.32 Å². The number of benzene rings is 1. The number of para-hydroxylation sites is 1. The third-order valence-corrected chi connectivity index (χ3v) is 3.22. The first-order chi connectivity index (χ1) is 9.09. The van der Waals surface area contributed by atoms with Gasteiger partial charge in [0, 0.05) is 11.9 Å². The molecule has 19 heavy (non-hydrogen) atoms. The van der Waals surface area contributed by atoms with Crippen molar-refractivity contribution < 1.29 is 14.3 Å². The third-order valence-electron chi connectivity index (χ3n) is 3.22. The molecule has 0 aliphatic carbocycles. The van der Waals surface area contributed by atoms with Crippen LogP contribution in [0.2, 0.25) is 0 Å². The number of amides is 1. The topological polar surface area (TPSA) is 62.5 Å². The van der Waals surface area contributed by atoms with Gasteiger partial charge < -0.3 is 14.8 Å². The van der Waals surface area contributed by atoms with Crippen molar-refractivity contribution in [3.05, 3.63) is 36.1 Å². The van der Waals surface area contributed by atoms with E-state index in [1.54, 1.807) is 0 Å². The van der Waals surface area contributed by atoms with Crippen LogP contribution >= 0.6 is 0 Å². The first-order valence-corrected chi connectivity index (χ1v) is 6.52. The fourth-order valence-corrected chi connectivity index (χ4v) is 1.92. The Hall–Kier alpha value is -1.81. The lowest BCUT2D eigenvalue weighted by molar-refractivity contribution is 0.0921. The van der Waals surface area contributed by atoms with Crippen LogP contribution in [0.15, 0.2) is 34.9 Å². The molecule has 1 amide bonds. The van der Waals surface area contributed by atoms with Crippen LogP contribution in [0.1, 0.15) is 30.6 Å². The normalized spacial score (nSPS) is 12.8. The van der Waals surface area contributed by atoms with Gasteiger partial charge in [-0.15, -0.1) is 0 Å². The lowest BCUT2D eigenvalue weighted by atomic mass is 10.0. The molecule has 1 aromatic carbocycles. The zero-order valence-electron chi connectivity index (χ0n) is 11.2. The molecule has 1 heterocycles. The van der Waals surface area contributed by atoms with E-state index in [9.17, 15) is 9.90 Å². The Bertz CT molecular complexity index is 559. The summed E-state index contributed by atoms with van der Waals surface area (Å²) in [6.07, 6.45) is 1.64. The largest absolute Gasteiger partial charge is 0.463 e. The van der Waals surface area contributed by atoms with Gasteiger partial charge in [0.05, 0.1) is 11.7 Å². The lowest BCUT2D eigenvalue weighted by Crippen LogP contribution is -2.28. The summed E-state index contributed by atoms with van der Waals surface area (Å²) < 4.78 is 5.33. The van der Waals surface area contributed by atoms with Crippen LogP contribution in [0.5, 0.6) is 0 Å². The van der Waals surface area contributed by atoms with Gasteiger partial charge in [-0.3, -0.25) is 4.79 Å². The molecule has 1 atom stereocenters. The van der Waals surface area contributed by atoms with Gasteiger partial charge in [0.25, 0.3) is 5.91 Å². The predicted molar refractivity (Wildman–Crippen MR) is 74.0 cm³/mol. The van der Waals surface area contributed by atoms with E-state index >= 15 is 0 Å². The van der Waals surface area contributed by atoms with Crippen molar-refractivity contribution in [2.45, 2.75) is 26.4 Å². The number of hydrogen-bond acceptors (Lipinski definition) is 3. The molecular weight excluding hydrogens is 242 g/mol. The molecule has 2 rings (SSSR count). The van der Waals surface area contributed by atoms with Gasteiger partial charge in [0.2, 0.25) is 0 Å². The van der Waals surface area contributed by atoms with Gasteiger partial charge >= 0.3 is 0 Å². The van der Waals surface area contributed by atoms with Crippen molar-refractivity contribution in [1.29, 1.82) is 0 Å². The summed E-state index contributed by atoms with van der Waals surface area (Å²) in [4.78, 5) is 12.0. The molecule has 2 N–H and O–H groups in total.